The standard InChI is InChI=1S/C2H4F3N.BH3/c3-1-2-6(4)5;/h1-2H2;1H3. The molecule has 0 saturated heterocycles. The number of alkyl halides is 1. The lowest BCUT2D eigenvalue weighted by atomic mass is 10.8. The monoisotopic (exact) mass is 113 g/mol. The first-order valence-corrected chi connectivity index (χ1v) is 1.42. The first-order valence-electron chi connectivity index (χ1n) is 1.42. The summed E-state index contributed by atoms with van der Waals surface area (Å²) in [5.41, 5.74) is 0. The van der Waals surface area contributed by atoms with Gasteiger partial charge in [0.2, 0.25) is 0 Å². The molecule has 5 heteroatoms. The van der Waals surface area contributed by atoms with Gasteiger partial charge >= 0.3 is 0 Å². The average Bonchev–Trinajstić information content (AvgIpc) is 1.35. The molecule has 0 spiro atoms. The Bertz CT molecular complexity index is 34.1. The van der Waals surface area contributed by atoms with E-state index in [0.29, 0.717) is 0 Å². The van der Waals surface area contributed by atoms with Crippen molar-refractivity contribution in [3.63, 3.8) is 0 Å². The Hall–Kier alpha value is -0.185. The van der Waals surface area contributed by atoms with E-state index in [1.807, 2.05) is 0 Å². The molecule has 0 amide bonds. The van der Waals surface area contributed by atoms with Gasteiger partial charge < -0.3 is 0 Å². The van der Waals surface area contributed by atoms with Crippen molar-refractivity contribution >= 4 is 8.41 Å². The first-order chi connectivity index (χ1) is 2.77. The Balaban J connectivity index is 0. The predicted octanol–water partition coefficient (Wildman–Crippen LogP) is -0.157. The van der Waals surface area contributed by atoms with Gasteiger partial charge in [0.1, 0.15) is 6.67 Å². The van der Waals surface area contributed by atoms with Crippen LogP contribution >= 0.6 is 0 Å². The summed E-state index contributed by atoms with van der Waals surface area (Å²) >= 11 is 0. The van der Waals surface area contributed by atoms with Gasteiger partial charge in [0.25, 0.3) is 0 Å². The van der Waals surface area contributed by atoms with Gasteiger partial charge in [-0.2, -0.15) is 0 Å². The highest BCUT2D eigenvalue weighted by Crippen LogP contribution is 1.85. The molecule has 7 heavy (non-hydrogen) atoms. The van der Waals surface area contributed by atoms with E-state index in [1.54, 1.807) is 0 Å². The Morgan fingerprint density at radius 2 is 1.71 bits per heavy atom. The van der Waals surface area contributed by atoms with Crippen molar-refractivity contribution in [3.8, 4) is 0 Å². The predicted molar refractivity (Wildman–Crippen MR) is 24.8 cm³/mol. The zero-order valence-corrected chi connectivity index (χ0v) is 3.00. The van der Waals surface area contributed by atoms with Gasteiger partial charge in [-0.05, 0) is 0 Å². The molecule has 1 nitrogen and oxygen atoms in total. The maximum atomic E-state index is 10.7. The number of halogens is 3. The molecule has 0 aliphatic heterocycles. The van der Waals surface area contributed by atoms with Crippen molar-refractivity contribution in [1.29, 1.82) is 0 Å². The number of hydrogen-bond acceptors (Lipinski definition) is 1. The largest absolute Gasteiger partial charge is 0.249 e. The van der Waals surface area contributed by atoms with Crippen molar-refractivity contribution < 1.29 is 13.4 Å². The Kier molecular flexibility index (Phi) is 8.26. The van der Waals surface area contributed by atoms with Crippen LogP contribution in [0, 0.1) is 0 Å². The lowest BCUT2D eigenvalue weighted by molar-refractivity contribution is -0.154. The lowest BCUT2D eigenvalue weighted by Crippen LogP contribution is -2.03. The molecule has 0 unspecified atom stereocenters. The zero-order chi connectivity index (χ0) is 4.99. The molecular weight excluding hydrogens is 106 g/mol. The Labute approximate surface area is 41.6 Å². The fourth-order valence-electron chi connectivity index (χ4n) is 0.0639. The van der Waals surface area contributed by atoms with Gasteiger partial charge in [-0.1, -0.05) is 0 Å². The van der Waals surface area contributed by atoms with Crippen LogP contribution in [0.25, 0.3) is 0 Å². The number of hydrogen-bond donors (Lipinski definition) is 0. The highest BCUT2D eigenvalue weighted by atomic mass is 19.4. The summed E-state index contributed by atoms with van der Waals surface area (Å²) in [7, 11) is 0. The van der Waals surface area contributed by atoms with Crippen molar-refractivity contribution in [2.45, 2.75) is 0 Å². The van der Waals surface area contributed by atoms with E-state index < -0.39 is 18.6 Å². The van der Waals surface area contributed by atoms with Crippen molar-refractivity contribution in [1.82, 2.24) is 5.34 Å². The molecule has 0 rings (SSSR count). The molecular formula is C2H7BF3N. The summed E-state index contributed by atoms with van der Waals surface area (Å²) < 4.78 is 32.0. The molecule has 0 heterocycles. The van der Waals surface area contributed by atoms with Crippen LogP contribution < -0.4 is 0 Å². The molecule has 0 saturated carbocycles. The summed E-state index contributed by atoms with van der Waals surface area (Å²) in [6, 6.07) is 0. The second-order valence-corrected chi connectivity index (χ2v) is 0.716. The van der Waals surface area contributed by atoms with Crippen LogP contribution in [0.15, 0.2) is 0 Å². The van der Waals surface area contributed by atoms with Gasteiger partial charge in [-0.3, -0.25) is 0 Å². The summed E-state index contributed by atoms with van der Waals surface area (Å²) in [6.45, 7) is -1.78. The third-order valence-corrected chi connectivity index (χ3v) is 0.254. The fourth-order valence-corrected chi connectivity index (χ4v) is 0.0639. The minimum atomic E-state index is -1.19. The molecule has 0 aromatic rings. The van der Waals surface area contributed by atoms with E-state index >= 15 is 0 Å². The smallest absolute Gasteiger partial charge is 0.107 e. The van der Waals surface area contributed by atoms with Crippen LogP contribution in [0.5, 0.6) is 0 Å². The van der Waals surface area contributed by atoms with E-state index in [2.05, 4.69) is 0 Å². The number of nitrogens with zero attached hydrogens (tertiary/aromatic N) is 1. The SMILES string of the molecule is B.FCCN(F)F. The van der Waals surface area contributed by atoms with Crippen molar-refractivity contribution in [2.75, 3.05) is 13.2 Å². The van der Waals surface area contributed by atoms with Gasteiger partial charge in [-0.15, -0.1) is 8.96 Å². The summed E-state index contributed by atoms with van der Waals surface area (Å²) in [6.07, 6.45) is 0. The Morgan fingerprint density at radius 1 is 1.29 bits per heavy atom. The normalized spacial score (nSPS) is 8.57. The highest BCUT2D eigenvalue weighted by Gasteiger charge is 1.93. The van der Waals surface area contributed by atoms with Crippen molar-refractivity contribution in [2.24, 2.45) is 0 Å². The molecule has 0 atom stereocenters. The van der Waals surface area contributed by atoms with E-state index in [1.165, 1.54) is 0 Å². The summed E-state index contributed by atoms with van der Waals surface area (Å²) in [5.74, 6) is 0. The number of rotatable bonds is 2. The fraction of sp³-hybridized carbons (Fsp3) is 1.00. The van der Waals surface area contributed by atoms with Gasteiger partial charge in [0.15, 0.2) is 0 Å². The molecule has 0 aliphatic rings. The van der Waals surface area contributed by atoms with Crippen LogP contribution in [-0.2, 0) is 0 Å². The molecule has 0 bridgehead atoms. The van der Waals surface area contributed by atoms with E-state index in [9.17, 15) is 13.4 Å². The van der Waals surface area contributed by atoms with E-state index in [4.69, 9.17) is 0 Å². The maximum Gasteiger partial charge on any atom is 0.107 e. The molecule has 0 aromatic heterocycles. The van der Waals surface area contributed by atoms with Crippen LogP contribution in [0.1, 0.15) is 0 Å². The molecule has 0 N–H and O–H groups in total. The van der Waals surface area contributed by atoms with Crippen LogP contribution in [-0.4, -0.2) is 27.0 Å². The quantitative estimate of drug-likeness (QED) is 0.355. The molecule has 44 valence electrons. The molecule has 0 fully saturated rings. The Morgan fingerprint density at radius 3 is 1.71 bits per heavy atom. The van der Waals surface area contributed by atoms with Crippen LogP contribution in [0.4, 0.5) is 13.4 Å². The van der Waals surface area contributed by atoms with Gasteiger partial charge in [-0.25, -0.2) is 4.39 Å². The molecule has 0 radical (unpaired) electrons. The second-order valence-electron chi connectivity index (χ2n) is 0.716. The summed E-state index contributed by atoms with van der Waals surface area (Å²) in [5, 5.41) is -1.19. The topological polar surface area (TPSA) is 3.24 Å². The second kappa shape index (κ2) is 5.81. The first kappa shape index (κ1) is 9.94. The minimum Gasteiger partial charge on any atom is -0.249 e. The summed E-state index contributed by atoms with van der Waals surface area (Å²) in [4.78, 5) is 0. The molecule has 0 aromatic carbocycles. The van der Waals surface area contributed by atoms with Gasteiger partial charge in [0.05, 0.1) is 15.0 Å². The maximum absolute atomic E-state index is 10.7. The third-order valence-electron chi connectivity index (χ3n) is 0.254. The minimum absolute atomic E-state index is 0. The average molecular weight is 113 g/mol. The van der Waals surface area contributed by atoms with Crippen LogP contribution in [0.2, 0.25) is 0 Å². The third kappa shape index (κ3) is 10.7. The van der Waals surface area contributed by atoms with Gasteiger partial charge in [0, 0.05) is 5.34 Å². The molecule has 0 aliphatic carbocycles. The van der Waals surface area contributed by atoms with E-state index in [0.717, 1.165) is 0 Å². The highest BCUT2D eigenvalue weighted by molar-refractivity contribution is 5.75. The lowest BCUT2D eigenvalue weighted by Gasteiger charge is -1.89. The van der Waals surface area contributed by atoms with E-state index in [-0.39, 0.29) is 8.41 Å². The van der Waals surface area contributed by atoms with Crippen LogP contribution in [0.3, 0.4) is 0 Å². The van der Waals surface area contributed by atoms with Crippen molar-refractivity contribution in [3.05, 3.63) is 0 Å². The zero-order valence-electron chi connectivity index (χ0n) is 3.00.